The summed E-state index contributed by atoms with van der Waals surface area (Å²) in [5, 5.41) is 0. The minimum Gasteiger partial charge on any atom is -0.493 e. The zero-order valence-corrected chi connectivity index (χ0v) is 23.2. The molecule has 0 fully saturated rings. The summed E-state index contributed by atoms with van der Waals surface area (Å²) in [5.41, 5.74) is 2.60. The van der Waals surface area contributed by atoms with Crippen LogP contribution in [0.2, 0.25) is 0 Å². The van der Waals surface area contributed by atoms with Crippen LogP contribution in [-0.4, -0.2) is 44.3 Å². The molecule has 4 heteroatoms. The van der Waals surface area contributed by atoms with E-state index >= 15 is 0 Å². The highest BCUT2D eigenvalue weighted by atomic mass is 16.5. The van der Waals surface area contributed by atoms with Gasteiger partial charge in [-0.25, -0.2) is 4.79 Å². The van der Waals surface area contributed by atoms with Crippen molar-refractivity contribution >= 4 is 5.97 Å². The number of hydrogen-bond acceptors (Lipinski definition) is 3. The molecule has 0 N–H and O–H groups in total. The molecular formula is C32H50NO3+. The average Bonchev–Trinajstić information content (AvgIpc) is 2.86. The van der Waals surface area contributed by atoms with E-state index in [2.05, 4.69) is 57.4 Å². The van der Waals surface area contributed by atoms with Gasteiger partial charge in [0, 0.05) is 12.0 Å². The van der Waals surface area contributed by atoms with Crippen LogP contribution in [0.5, 0.6) is 5.75 Å². The highest BCUT2D eigenvalue weighted by molar-refractivity contribution is 5.70. The maximum atomic E-state index is 12.2. The molecule has 0 heterocycles. The molecule has 4 nitrogen and oxygen atoms in total. The molecule has 2 rings (SSSR count). The second kappa shape index (κ2) is 18.0. The first-order valence-corrected chi connectivity index (χ1v) is 14.2. The zero-order chi connectivity index (χ0) is 25.9. The van der Waals surface area contributed by atoms with Gasteiger partial charge in [-0.15, -0.1) is 0 Å². The van der Waals surface area contributed by atoms with E-state index in [0.717, 1.165) is 18.7 Å². The molecule has 0 unspecified atom stereocenters. The third-order valence-electron chi connectivity index (χ3n) is 6.57. The van der Waals surface area contributed by atoms with Gasteiger partial charge in [0.25, 0.3) is 0 Å². The van der Waals surface area contributed by atoms with Gasteiger partial charge in [0.1, 0.15) is 12.3 Å². The minimum absolute atomic E-state index is 0.160. The molecule has 0 aliphatic rings. The summed E-state index contributed by atoms with van der Waals surface area (Å²) in [4.78, 5) is 12.2. The van der Waals surface area contributed by atoms with E-state index in [1.165, 1.54) is 75.3 Å². The van der Waals surface area contributed by atoms with E-state index in [-0.39, 0.29) is 5.97 Å². The van der Waals surface area contributed by atoms with Gasteiger partial charge in [0.05, 0.1) is 27.3 Å². The highest BCUT2D eigenvalue weighted by Crippen LogP contribution is 2.16. The molecule has 200 valence electrons. The SMILES string of the molecule is CCCCCCCCCCCCc1ccc(OCCCOC(=O)C[N+](C)(C)Cc2ccccc2)cc1. The van der Waals surface area contributed by atoms with Crippen molar-refractivity contribution < 1.29 is 18.8 Å². The fraction of sp³-hybridized carbons (Fsp3) is 0.594. The molecule has 0 radical (unpaired) electrons. The van der Waals surface area contributed by atoms with Crippen LogP contribution in [0.4, 0.5) is 0 Å². The van der Waals surface area contributed by atoms with Crippen molar-refractivity contribution in [2.45, 2.75) is 90.5 Å². The van der Waals surface area contributed by atoms with Gasteiger partial charge in [-0.3, -0.25) is 0 Å². The fourth-order valence-corrected chi connectivity index (χ4v) is 4.53. The van der Waals surface area contributed by atoms with Crippen LogP contribution in [0, 0.1) is 0 Å². The molecule has 0 aromatic heterocycles. The highest BCUT2D eigenvalue weighted by Gasteiger charge is 2.21. The van der Waals surface area contributed by atoms with E-state index in [0.29, 0.717) is 30.7 Å². The van der Waals surface area contributed by atoms with Gasteiger partial charge in [-0.1, -0.05) is 107 Å². The fourth-order valence-electron chi connectivity index (χ4n) is 4.53. The standard InChI is InChI=1S/C32H50NO3/c1-4-5-6-7-8-9-10-11-12-14-18-29-21-23-31(24-22-29)35-25-17-26-36-32(34)28-33(2,3)27-30-19-15-13-16-20-30/h13,15-16,19-24H,4-12,14,17-18,25-28H2,1-3H3/q+1. The number of ether oxygens (including phenoxy) is 2. The topological polar surface area (TPSA) is 35.5 Å². The number of quaternary nitrogens is 1. The van der Waals surface area contributed by atoms with Gasteiger partial charge in [-0.2, -0.15) is 0 Å². The quantitative estimate of drug-likeness (QED) is 0.107. The lowest BCUT2D eigenvalue weighted by atomic mass is 10.0. The van der Waals surface area contributed by atoms with Crippen molar-refractivity contribution in [1.29, 1.82) is 0 Å². The molecule has 2 aromatic carbocycles. The molecule has 0 saturated carbocycles. The van der Waals surface area contributed by atoms with Crippen LogP contribution in [0.25, 0.3) is 0 Å². The van der Waals surface area contributed by atoms with Crippen molar-refractivity contribution in [3.63, 3.8) is 0 Å². The van der Waals surface area contributed by atoms with Gasteiger partial charge in [0.15, 0.2) is 6.54 Å². The molecule has 0 aliphatic heterocycles. The van der Waals surface area contributed by atoms with E-state index in [1.54, 1.807) is 0 Å². The Balaban J connectivity index is 1.49. The van der Waals surface area contributed by atoms with E-state index in [9.17, 15) is 4.79 Å². The predicted octanol–water partition coefficient (Wildman–Crippen LogP) is 7.74. The number of rotatable bonds is 20. The van der Waals surface area contributed by atoms with Crippen LogP contribution in [0.15, 0.2) is 54.6 Å². The maximum Gasteiger partial charge on any atom is 0.361 e. The first-order chi connectivity index (χ1) is 17.5. The molecule has 0 amide bonds. The van der Waals surface area contributed by atoms with Crippen LogP contribution >= 0.6 is 0 Å². The minimum atomic E-state index is -0.160. The van der Waals surface area contributed by atoms with E-state index in [4.69, 9.17) is 9.47 Å². The van der Waals surface area contributed by atoms with Crippen molar-refractivity contribution in [2.24, 2.45) is 0 Å². The summed E-state index contributed by atoms with van der Waals surface area (Å²) in [6.45, 7) is 4.37. The normalized spacial score (nSPS) is 11.4. The number of unbranched alkanes of at least 4 members (excludes halogenated alkanes) is 9. The Kier molecular flexibility index (Phi) is 14.9. The van der Waals surface area contributed by atoms with Crippen molar-refractivity contribution in [2.75, 3.05) is 33.9 Å². The molecule has 0 atom stereocenters. The second-order valence-corrected chi connectivity index (χ2v) is 10.7. The van der Waals surface area contributed by atoms with Gasteiger partial charge in [-0.05, 0) is 30.5 Å². The molecule has 0 aliphatic carbocycles. The summed E-state index contributed by atoms with van der Waals surface area (Å²) in [7, 11) is 4.11. The number of carbonyl (C=O) groups excluding carboxylic acids is 1. The Morgan fingerprint density at radius 3 is 1.94 bits per heavy atom. The smallest absolute Gasteiger partial charge is 0.361 e. The molecule has 36 heavy (non-hydrogen) atoms. The van der Waals surface area contributed by atoms with E-state index in [1.807, 2.05) is 18.2 Å². The summed E-state index contributed by atoms with van der Waals surface area (Å²) >= 11 is 0. The lowest BCUT2D eigenvalue weighted by molar-refractivity contribution is -0.896. The maximum absolute atomic E-state index is 12.2. The Morgan fingerprint density at radius 2 is 1.31 bits per heavy atom. The molecule has 0 bridgehead atoms. The van der Waals surface area contributed by atoms with Crippen molar-refractivity contribution in [3.05, 3.63) is 65.7 Å². The Morgan fingerprint density at radius 1 is 0.694 bits per heavy atom. The van der Waals surface area contributed by atoms with Crippen LogP contribution in [0.1, 0.15) is 88.7 Å². The van der Waals surface area contributed by atoms with Crippen LogP contribution in [-0.2, 0) is 22.5 Å². The number of carbonyl (C=O) groups is 1. The van der Waals surface area contributed by atoms with Crippen molar-refractivity contribution in [3.8, 4) is 5.75 Å². The van der Waals surface area contributed by atoms with Crippen molar-refractivity contribution in [1.82, 2.24) is 0 Å². The molecule has 0 spiro atoms. The number of benzene rings is 2. The Labute approximate surface area is 220 Å². The summed E-state index contributed by atoms with van der Waals surface area (Å²) in [6, 6.07) is 18.7. The summed E-state index contributed by atoms with van der Waals surface area (Å²) < 4.78 is 11.8. The van der Waals surface area contributed by atoms with Gasteiger partial charge < -0.3 is 14.0 Å². The van der Waals surface area contributed by atoms with Gasteiger partial charge in [0.2, 0.25) is 0 Å². The average molecular weight is 497 g/mol. The number of esters is 1. The second-order valence-electron chi connectivity index (χ2n) is 10.7. The summed E-state index contributed by atoms with van der Waals surface area (Å²) in [6.07, 6.45) is 15.6. The number of likely N-dealkylation sites (N-methyl/N-ethyl adjacent to an activating group) is 1. The van der Waals surface area contributed by atoms with E-state index < -0.39 is 0 Å². The molecule has 0 saturated heterocycles. The first-order valence-electron chi connectivity index (χ1n) is 14.2. The van der Waals surface area contributed by atoms with Gasteiger partial charge >= 0.3 is 5.97 Å². The third kappa shape index (κ3) is 14.3. The van der Waals surface area contributed by atoms with Crippen LogP contribution < -0.4 is 4.74 Å². The zero-order valence-electron chi connectivity index (χ0n) is 23.2. The van der Waals surface area contributed by atoms with Crippen LogP contribution in [0.3, 0.4) is 0 Å². The Hall–Kier alpha value is -2.33. The number of hydrogen-bond donors (Lipinski definition) is 0. The lowest BCUT2D eigenvalue weighted by Crippen LogP contribution is -2.43. The molecule has 2 aromatic rings. The monoisotopic (exact) mass is 496 g/mol. The first kappa shape index (κ1) is 29.9. The lowest BCUT2D eigenvalue weighted by Gasteiger charge is -2.28. The summed E-state index contributed by atoms with van der Waals surface area (Å²) in [5.74, 6) is 0.723. The third-order valence-corrected chi connectivity index (χ3v) is 6.57. The Bertz CT molecular complexity index is 817. The predicted molar refractivity (Wildman–Crippen MR) is 150 cm³/mol. The largest absolute Gasteiger partial charge is 0.493 e. The number of nitrogens with zero attached hydrogens (tertiary/aromatic N) is 1. The number of aryl methyl sites for hydroxylation is 1. The molecular weight excluding hydrogens is 446 g/mol.